The van der Waals surface area contributed by atoms with Crippen LogP contribution in [0.25, 0.3) is 0 Å². The zero-order chi connectivity index (χ0) is 15.7. The van der Waals surface area contributed by atoms with Crippen molar-refractivity contribution in [3.63, 3.8) is 0 Å². The summed E-state index contributed by atoms with van der Waals surface area (Å²) >= 11 is 0. The first-order valence-electron chi connectivity index (χ1n) is 7.67. The summed E-state index contributed by atoms with van der Waals surface area (Å²) in [6.07, 6.45) is 3.74. The molecule has 1 N–H and O–H groups in total. The maximum atomic E-state index is 12.4. The standard InChI is InChI=1S/C14H26N2O4S/c1-14(2,3)20-13(17)15-10-11-6-4-5-9-16(11)21(18,19)12-7-8-12/h11-12H,4-10H2,1-3H3,(H,15,17). The number of amides is 1. The molecule has 1 aliphatic heterocycles. The zero-order valence-corrected chi connectivity index (χ0v) is 13.9. The summed E-state index contributed by atoms with van der Waals surface area (Å²) in [7, 11) is -3.18. The van der Waals surface area contributed by atoms with Gasteiger partial charge in [0, 0.05) is 19.1 Å². The van der Waals surface area contributed by atoms with E-state index in [1.807, 2.05) is 0 Å². The maximum absolute atomic E-state index is 12.4. The van der Waals surface area contributed by atoms with Gasteiger partial charge in [-0.25, -0.2) is 13.2 Å². The molecular formula is C14H26N2O4S. The minimum absolute atomic E-state index is 0.142. The van der Waals surface area contributed by atoms with E-state index >= 15 is 0 Å². The van der Waals surface area contributed by atoms with E-state index in [1.165, 1.54) is 0 Å². The van der Waals surface area contributed by atoms with Gasteiger partial charge in [0.05, 0.1) is 5.25 Å². The molecule has 2 aliphatic rings. The highest BCUT2D eigenvalue weighted by molar-refractivity contribution is 7.90. The van der Waals surface area contributed by atoms with Crippen molar-refractivity contribution in [3.05, 3.63) is 0 Å². The molecule has 1 amide bonds. The molecule has 2 rings (SSSR count). The quantitative estimate of drug-likeness (QED) is 0.858. The van der Waals surface area contributed by atoms with Crippen LogP contribution in [0.3, 0.4) is 0 Å². The Morgan fingerprint density at radius 2 is 1.90 bits per heavy atom. The van der Waals surface area contributed by atoms with E-state index in [4.69, 9.17) is 4.74 Å². The first-order valence-corrected chi connectivity index (χ1v) is 9.18. The van der Waals surface area contributed by atoms with Crippen molar-refractivity contribution in [3.8, 4) is 0 Å². The Hall–Kier alpha value is -0.820. The third-order valence-electron chi connectivity index (χ3n) is 3.73. The fraction of sp³-hybridized carbons (Fsp3) is 0.929. The summed E-state index contributed by atoms with van der Waals surface area (Å²) in [5.41, 5.74) is -0.545. The zero-order valence-electron chi connectivity index (χ0n) is 13.1. The molecule has 2 fully saturated rings. The van der Waals surface area contributed by atoms with Gasteiger partial charge in [0.1, 0.15) is 5.60 Å². The van der Waals surface area contributed by atoms with Crippen LogP contribution in [0.1, 0.15) is 52.9 Å². The van der Waals surface area contributed by atoms with Gasteiger partial charge in [-0.15, -0.1) is 0 Å². The topological polar surface area (TPSA) is 75.7 Å². The van der Waals surface area contributed by atoms with E-state index in [0.717, 1.165) is 32.1 Å². The Balaban J connectivity index is 1.92. The second-order valence-corrected chi connectivity index (χ2v) is 9.05. The highest BCUT2D eigenvalue weighted by Gasteiger charge is 2.43. The fourth-order valence-electron chi connectivity index (χ4n) is 2.59. The minimum atomic E-state index is -3.18. The summed E-state index contributed by atoms with van der Waals surface area (Å²) in [6.45, 7) is 6.30. The Kier molecular flexibility index (Phi) is 4.82. The molecule has 0 bridgehead atoms. The normalized spacial score (nSPS) is 24.6. The molecule has 1 heterocycles. The molecule has 7 heteroatoms. The van der Waals surface area contributed by atoms with Gasteiger partial charge in [0.15, 0.2) is 0 Å². The number of hydrogen-bond acceptors (Lipinski definition) is 4. The number of sulfonamides is 1. The van der Waals surface area contributed by atoms with Gasteiger partial charge in [-0.05, 0) is 46.5 Å². The number of nitrogens with zero attached hydrogens (tertiary/aromatic N) is 1. The SMILES string of the molecule is CC(C)(C)OC(=O)NCC1CCCCN1S(=O)(=O)C1CC1. The lowest BCUT2D eigenvalue weighted by atomic mass is 10.1. The Bertz CT molecular complexity index is 480. The van der Waals surface area contributed by atoms with E-state index in [1.54, 1.807) is 25.1 Å². The average molecular weight is 318 g/mol. The Morgan fingerprint density at radius 1 is 1.24 bits per heavy atom. The third kappa shape index (κ3) is 4.57. The van der Waals surface area contributed by atoms with Crippen molar-refractivity contribution in [2.24, 2.45) is 0 Å². The predicted octanol–water partition coefficient (Wildman–Crippen LogP) is 1.86. The number of rotatable bonds is 4. The van der Waals surface area contributed by atoms with Crippen LogP contribution in [-0.2, 0) is 14.8 Å². The van der Waals surface area contributed by atoms with Gasteiger partial charge in [-0.3, -0.25) is 0 Å². The molecule has 6 nitrogen and oxygen atoms in total. The van der Waals surface area contributed by atoms with Gasteiger partial charge >= 0.3 is 6.09 Å². The predicted molar refractivity (Wildman–Crippen MR) is 80.5 cm³/mol. The van der Waals surface area contributed by atoms with Gasteiger partial charge in [0.2, 0.25) is 10.0 Å². The minimum Gasteiger partial charge on any atom is -0.444 e. The molecule has 122 valence electrons. The molecule has 1 saturated carbocycles. The van der Waals surface area contributed by atoms with Crippen molar-refractivity contribution in [2.75, 3.05) is 13.1 Å². The second-order valence-electron chi connectivity index (χ2n) is 6.89. The van der Waals surface area contributed by atoms with Crippen molar-refractivity contribution in [1.29, 1.82) is 0 Å². The fourth-order valence-corrected chi connectivity index (χ4v) is 4.68. The second kappa shape index (κ2) is 6.12. The summed E-state index contributed by atoms with van der Waals surface area (Å²) in [5.74, 6) is 0. The van der Waals surface area contributed by atoms with Gasteiger partial charge in [-0.2, -0.15) is 4.31 Å². The van der Waals surface area contributed by atoms with E-state index in [9.17, 15) is 13.2 Å². The molecule has 0 aromatic carbocycles. The molecule has 0 radical (unpaired) electrons. The molecule has 1 saturated heterocycles. The van der Waals surface area contributed by atoms with Crippen LogP contribution in [0, 0.1) is 0 Å². The summed E-state index contributed by atoms with van der Waals surface area (Å²) in [4.78, 5) is 11.7. The number of hydrogen-bond donors (Lipinski definition) is 1. The lowest BCUT2D eigenvalue weighted by molar-refractivity contribution is 0.0512. The summed E-state index contributed by atoms with van der Waals surface area (Å²) in [6, 6.07) is -0.142. The number of alkyl carbamates (subject to hydrolysis) is 1. The molecule has 1 unspecified atom stereocenters. The van der Waals surface area contributed by atoms with Crippen molar-refractivity contribution in [1.82, 2.24) is 9.62 Å². The van der Waals surface area contributed by atoms with Crippen LogP contribution in [0.2, 0.25) is 0 Å². The molecule has 0 aromatic rings. The highest BCUT2D eigenvalue weighted by atomic mass is 32.2. The van der Waals surface area contributed by atoms with Crippen molar-refractivity contribution < 1.29 is 17.9 Å². The maximum Gasteiger partial charge on any atom is 0.407 e. The number of carbonyl (C=O) groups is 1. The number of carbonyl (C=O) groups excluding carboxylic acids is 1. The monoisotopic (exact) mass is 318 g/mol. The third-order valence-corrected chi connectivity index (χ3v) is 6.17. The van der Waals surface area contributed by atoms with Crippen molar-refractivity contribution in [2.45, 2.75) is 69.8 Å². The first-order chi connectivity index (χ1) is 9.70. The van der Waals surface area contributed by atoms with Crippen LogP contribution in [0.4, 0.5) is 4.79 Å². The molecule has 0 spiro atoms. The van der Waals surface area contributed by atoms with E-state index < -0.39 is 21.7 Å². The van der Waals surface area contributed by atoms with Gasteiger partial charge < -0.3 is 10.1 Å². The average Bonchev–Trinajstić information content (AvgIpc) is 3.19. The van der Waals surface area contributed by atoms with E-state index in [-0.39, 0.29) is 11.3 Å². The largest absolute Gasteiger partial charge is 0.444 e. The summed E-state index contributed by atoms with van der Waals surface area (Å²) < 4.78 is 31.6. The Morgan fingerprint density at radius 3 is 2.48 bits per heavy atom. The lowest BCUT2D eigenvalue weighted by Gasteiger charge is -2.35. The van der Waals surface area contributed by atoms with Crippen LogP contribution in [-0.4, -0.2) is 48.8 Å². The van der Waals surface area contributed by atoms with Crippen molar-refractivity contribution >= 4 is 16.1 Å². The van der Waals surface area contributed by atoms with Crippen LogP contribution in [0.15, 0.2) is 0 Å². The summed E-state index contributed by atoms with van der Waals surface area (Å²) in [5, 5.41) is 2.51. The van der Waals surface area contributed by atoms with Gasteiger partial charge in [0.25, 0.3) is 0 Å². The Labute approximate surface area is 127 Å². The molecular weight excluding hydrogens is 292 g/mol. The van der Waals surface area contributed by atoms with Crippen LogP contribution in [0.5, 0.6) is 0 Å². The number of piperidine rings is 1. The van der Waals surface area contributed by atoms with Crippen LogP contribution >= 0.6 is 0 Å². The number of nitrogens with one attached hydrogen (secondary N) is 1. The molecule has 0 aromatic heterocycles. The smallest absolute Gasteiger partial charge is 0.407 e. The lowest BCUT2D eigenvalue weighted by Crippen LogP contribution is -2.50. The number of ether oxygens (including phenoxy) is 1. The van der Waals surface area contributed by atoms with Crippen LogP contribution < -0.4 is 5.32 Å². The van der Waals surface area contributed by atoms with E-state index in [0.29, 0.717) is 13.1 Å². The molecule has 1 aliphatic carbocycles. The van der Waals surface area contributed by atoms with Gasteiger partial charge in [-0.1, -0.05) is 6.42 Å². The highest BCUT2D eigenvalue weighted by Crippen LogP contribution is 2.34. The molecule has 21 heavy (non-hydrogen) atoms. The van der Waals surface area contributed by atoms with E-state index in [2.05, 4.69) is 5.32 Å². The first kappa shape index (κ1) is 16.5. The molecule has 1 atom stereocenters.